The number of anilines is 2. The van der Waals surface area contributed by atoms with Crippen LogP contribution in [0.5, 0.6) is 0 Å². The van der Waals surface area contributed by atoms with Crippen molar-refractivity contribution >= 4 is 38.2 Å². The first-order valence-electron chi connectivity index (χ1n) is 11.6. The predicted octanol–water partition coefficient (Wildman–Crippen LogP) is -2.17. The number of nitrogens with zero attached hydrogens (tertiary/aromatic N) is 6. The molecule has 0 amide bonds. The van der Waals surface area contributed by atoms with Gasteiger partial charge in [-0.15, -0.1) is 0 Å². The number of rotatable bonds is 8. The Labute approximate surface area is 216 Å². The largest absolute Gasteiger partial charge is 0.443 e. The maximum Gasteiger partial charge on any atom is 0.443 e. The van der Waals surface area contributed by atoms with Crippen LogP contribution in [-0.4, -0.2) is 96.1 Å². The number of ether oxygens (including phenoxy) is 2. The number of hydrogen-bond donors (Lipinski definition) is 5. The molecule has 17 nitrogen and oxygen atoms in total. The average Bonchev–Trinajstić information content (AvgIpc) is 3.54. The Balaban J connectivity index is 1.22. The number of nitrogen functional groups attached to an aromatic ring is 2. The summed E-state index contributed by atoms with van der Waals surface area (Å²) in [5, 5.41) is 20.3. The summed E-state index contributed by atoms with van der Waals surface area (Å²) in [6, 6.07) is 0. The molecule has 19 heteroatoms. The van der Waals surface area contributed by atoms with Crippen molar-refractivity contribution in [3.05, 3.63) is 33.5 Å². The summed E-state index contributed by atoms with van der Waals surface area (Å²) < 4.78 is 26.2. The number of hydrogen-bond acceptors (Lipinski definition) is 14. The second-order valence-corrected chi connectivity index (χ2v) is 11.3. The van der Waals surface area contributed by atoms with Crippen LogP contribution >= 0.6 is 7.59 Å². The van der Waals surface area contributed by atoms with Gasteiger partial charge in [-0.2, -0.15) is 9.97 Å². The molecule has 0 spiro atoms. The van der Waals surface area contributed by atoms with Crippen molar-refractivity contribution in [2.45, 2.75) is 49.7 Å². The number of aliphatic hydroxyl groups excluding tert-OH is 2. The Morgan fingerprint density at radius 1 is 1.16 bits per heavy atom. The van der Waals surface area contributed by atoms with Gasteiger partial charge < -0.3 is 31.2 Å². The summed E-state index contributed by atoms with van der Waals surface area (Å²) in [5.41, 5.74) is 10.3. The van der Waals surface area contributed by atoms with Gasteiger partial charge in [0.1, 0.15) is 43.7 Å². The highest BCUT2D eigenvalue weighted by molar-refractivity contribution is 7.89. The quantitative estimate of drug-likeness (QED) is 0.148. The summed E-state index contributed by atoms with van der Waals surface area (Å²) in [6.45, 7) is 1.08. The van der Waals surface area contributed by atoms with E-state index in [9.17, 15) is 19.8 Å². The van der Waals surface area contributed by atoms with E-state index in [0.717, 1.165) is 4.57 Å². The van der Waals surface area contributed by atoms with Crippen LogP contribution in [0.25, 0.3) is 11.2 Å². The molecule has 2 aliphatic heterocycles. The first-order chi connectivity index (χ1) is 18.0. The Bertz CT molecular complexity index is 1430. The molecule has 7 N–H and O–H groups in total. The lowest BCUT2D eigenvalue weighted by Crippen LogP contribution is -2.31. The maximum atomic E-state index is 12.1. The van der Waals surface area contributed by atoms with E-state index < -0.39 is 55.7 Å². The molecule has 3 aromatic heterocycles. The molecule has 5 rings (SSSR count). The normalized spacial score (nSPS) is 29.1. The maximum absolute atomic E-state index is 12.1. The van der Waals surface area contributed by atoms with Gasteiger partial charge in [0.2, 0.25) is 19.5 Å². The third-order valence-corrected chi connectivity index (χ3v) is 7.57. The fourth-order valence-electron chi connectivity index (χ4n) is 4.41. The van der Waals surface area contributed by atoms with E-state index in [0.29, 0.717) is 0 Å². The number of aromatic nitrogens is 7. The highest BCUT2D eigenvalue weighted by atomic mass is 31.2. The topological polar surface area (TPSA) is 241 Å². The molecule has 7 atom stereocenters. The van der Waals surface area contributed by atoms with Gasteiger partial charge in [-0.05, 0) is 0 Å². The number of aliphatic hydroxyl groups is 2. The minimum atomic E-state index is -3.00. The zero-order valence-electron chi connectivity index (χ0n) is 20.2. The molecule has 1 unspecified atom stereocenters. The van der Waals surface area contributed by atoms with Crippen molar-refractivity contribution < 1.29 is 28.7 Å². The lowest BCUT2D eigenvalue weighted by Gasteiger charge is -2.24. The molecule has 0 aliphatic carbocycles. The summed E-state index contributed by atoms with van der Waals surface area (Å²) in [6.07, 6.45) is -1.71. The summed E-state index contributed by atoms with van der Waals surface area (Å²) >= 11 is 0. The first kappa shape index (κ1) is 26.6. The SMILES string of the molecule is [B][P+](C)(OC[C@H]1O[C@@H](n2cnc(N)nc2=O)C[C@H]1O)O[C@@H]1C[C@H](n2cnc3c(=O)[nH]c(N)nc32)O[C@@H]1CO. The molecule has 2 fully saturated rings. The molecule has 0 saturated carbocycles. The number of nitrogens with one attached hydrogen (secondary N) is 1. The zero-order valence-corrected chi connectivity index (χ0v) is 21.0. The third-order valence-electron chi connectivity index (χ3n) is 6.22. The molecular formula is C19H26BN9O8P+. The zero-order chi connectivity index (χ0) is 27.2. The molecule has 2 aliphatic rings. The molecule has 5 heterocycles. The Kier molecular flexibility index (Phi) is 7.21. The molecule has 202 valence electrons. The second kappa shape index (κ2) is 10.3. The lowest BCUT2D eigenvalue weighted by atomic mass is 10.2. The van der Waals surface area contributed by atoms with E-state index in [2.05, 4.69) is 24.9 Å². The van der Waals surface area contributed by atoms with Gasteiger partial charge in [0.25, 0.3) is 5.56 Å². The number of nitrogens with two attached hydrogens (primary N) is 2. The number of imidazole rings is 1. The first-order valence-corrected chi connectivity index (χ1v) is 13.7. The van der Waals surface area contributed by atoms with Crippen LogP contribution in [-0.2, 0) is 18.5 Å². The molecular weight excluding hydrogens is 524 g/mol. The van der Waals surface area contributed by atoms with Gasteiger partial charge >= 0.3 is 13.3 Å². The second-order valence-electron chi connectivity index (χ2n) is 9.01. The van der Waals surface area contributed by atoms with E-state index in [1.54, 1.807) is 6.66 Å². The van der Waals surface area contributed by atoms with Crippen molar-refractivity contribution in [1.82, 2.24) is 34.1 Å². The van der Waals surface area contributed by atoms with Crippen LogP contribution in [0.2, 0.25) is 0 Å². The van der Waals surface area contributed by atoms with Gasteiger partial charge in [-0.3, -0.25) is 18.9 Å². The van der Waals surface area contributed by atoms with E-state index in [1.165, 1.54) is 17.2 Å². The van der Waals surface area contributed by atoms with Gasteiger partial charge in [0.15, 0.2) is 11.2 Å². The summed E-state index contributed by atoms with van der Waals surface area (Å²) in [5.74, 6) is -0.241. The van der Waals surface area contributed by atoms with Crippen molar-refractivity contribution in [3.8, 4) is 0 Å². The van der Waals surface area contributed by atoms with Gasteiger partial charge in [0, 0.05) is 12.8 Å². The van der Waals surface area contributed by atoms with Gasteiger partial charge in [-0.1, -0.05) is 0 Å². The number of fused-ring (bicyclic) bond motifs is 1. The molecule has 2 radical (unpaired) electrons. The van der Waals surface area contributed by atoms with Crippen molar-refractivity contribution in [2.75, 3.05) is 31.3 Å². The van der Waals surface area contributed by atoms with E-state index >= 15 is 0 Å². The minimum absolute atomic E-state index is 0.0741. The fraction of sp³-hybridized carbons (Fsp3) is 0.579. The van der Waals surface area contributed by atoms with Crippen LogP contribution in [0.4, 0.5) is 11.9 Å². The number of aromatic amines is 1. The Hall–Kier alpha value is -2.99. The smallest absolute Gasteiger partial charge is 0.394 e. The van der Waals surface area contributed by atoms with E-state index in [4.69, 9.17) is 37.6 Å². The Morgan fingerprint density at radius 3 is 2.61 bits per heavy atom. The van der Waals surface area contributed by atoms with E-state index in [-0.39, 0.29) is 49.1 Å². The molecule has 0 bridgehead atoms. The van der Waals surface area contributed by atoms with Crippen molar-refractivity contribution in [2.24, 2.45) is 0 Å². The third kappa shape index (κ3) is 5.29. The number of H-pyrrole nitrogens is 1. The van der Waals surface area contributed by atoms with Crippen LogP contribution in [0.3, 0.4) is 0 Å². The van der Waals surface area contributed by atoms with Crippen LogP contribution < -0.4 is 22.7 Å². The highest BCUT2D eigenvalue weighted by Crippen LogP contribution is 2.56. The van der Waals surface area contributed by atoms with Gasteiger partial charge in [0.05, 0.1) is 25.7 Å². The lowest BCUT2D eigenvalue weighted by molar-refractivity contribution is -0.0487. The van der Waals surface area contributed by atoms with Crippen molar-refractivity contribution in [3.63, 3.8) is 0 Å². The molecule has 0 aromatic carbocycles. The van der Waals surface area contributed by atoms with Crippen LogP contribution in [0.1, 0.15) is 25.3 Å². The van der Waals surface area contributed by atoms with Gasteiger partial charge in [-0.25, -0.2) is 23.8 Å². The summed E-state index contributed by atoms with van der Waals surface area (Å²) in [7, 11) is 3.32. The molecule has 2 saturated heterocycles. The van der Waals surface area contributed by atoms with Crippen LogP contribution in [0, 0.1) is 0 Å². The average molecular weight is 550 g/mol. The molecule has 3 aromatic rings. The minimum Gasteiger partial charge on any atom is -0.394 e. The monoisotopic (exact) mass is 550 g/mol. The summed E-state index contributed by atoms with van der Waals surface area (Å²) in [4.78, 5) is 42.1. The Morgan fingerprint density at radius 2 is 1.87 bits per heavy atom. The fourth-order valence-corrected chi connectivity index (χ4v) is 5.67. The predicted molar refractivity (Wildman–Crippen MR) is 133 cm³/mol. The standard InChI is InChI=1S/C19H26BN9O8P/c1-38(20,34-5-11-8(31)2-12(36-11)29-7-24-17(21)27-19(29)33)37-9-3-13(35-10(9)4-30)28-6-23-14-15(28)25-18(22)26-16(14)32/h6-13,30-31H,2-5H2,1H3,(H2,21,27,33)(H3,22,25,26,32)/q+1/t8-,9-,10-,11-,12-,13-,38?/m1/s1. The van der Waals surface area contributed by atoms with Crippen molar-refractivity contribution in [1.29, 1.82) is 0 Å². The van der Waals surface area contributed by atoms with Crippen LogP contribution in [0.15, 0.2) is 22.2 Å². The highest BCUT2D eigenvalue weighted by Gasteiger charge is 2.46. The molecule has 38 heavy (non-hydrogen) atoms. The van der Waals surface area contributed by atoms with E-state index in [1.807, 2.05) is 0 Å².